The van der Waals surface area contributed by atoms with Crippen molar-refractivity contribution in [3.05, 3.63) is 0 Å². The van der Waals surface area contributed by atoms with Gasteiger partial charge in [0, 0.05) is 19.6 Å². The number of aliphatic hydroxyl groups excluding tert-OH is 1. The van der Waals surface area contributed by atoms with Crippen LogP contribution in [0.4, 0.5) is 13.2 Å². The Kier molecular flexibility index (Phi) is 4.15. The predicted octanol–water partition coefficient (Wildman–Crippen LogP) is 0.632. The average Bonchev–Trinajstić information content (AvgIpc) is 2.14. The zero-order valence-electron chi connectivity index (χ0n) is 7.76. The fourth-order valence-corrected chi connectivity index (χ4v) is 1.29. The Labute approximate surface area is 80.5 Å². The van der Waals surface area contributed by atoms with Crippen molar-refractivity contribution in [2.45, 2.75) is 18.7 Å². The number of morpholine rings is 1. The highest BCUT2D eigenvalue weighted by atomic mass is 19.4. The summed E-state index contributed by atoms with van der Waals surface area (Å²) in [6, 6.07) is 0. The van der Waals surface area contributed by atoms with Crippen LogP contribution in [0.2, 0.25) is 0 Å². The van der Waals surface area contributed by atoms with Gasteiger partial charge in [-0.2, -0.15) is 13.2 Å². The molecule has 1 atom stereocenters. The minimum atomic E-state index is -4.49. The molecule has 3 nitrogen and oxygen atoms in total. The second kappa shape index (κ2) is 4.95. The lowest BCUT2D eigenvalue weighted by Gasteiger charge is -2.27. The minimum Gasteiger partial charge on any atom is -0.384 e. The van der Waals surface area contributed by atoms with Crippen molar-refractivity contribution in [3.63, 3.8) is 0 Å². The van der Waals surface area contributed by atoms with Crippen LogP contribution in [-0.4, -0.2) is 55.1 Å². The summed E-state index contributed by atoms with van der Waals surface area (Å²) in [7, 11) is 0. The Morgan fingerprint density at radius 2 is 1.86 bits per heavy atom. The Morgan fingerprint density at radius 1 is 1.29 bits per heavy atom. The van der Waals surface area contributed by atoms with Gasteiger partial charge in [0.15, 0.2) is 6.10 Å². The summed E-state index contributed by atoms with van der Waals surface area (Å²) >= 11 is 0. The molecule has 0 saturated carbocycles. The summed E-state index contributed by atoms with van der Waals surface area (Å²) in [4.78, 5) is 1.86. The van der Waals surface area contributed by atoms with Crippen molar-refractivity contribution in [1.29, 1.82) is 0 Å². The van der Waals surface area contributed by atoms with E-state index in [4.69, 9.17) is 9.84 Å². The number of rotatable bonds is 3. The number of alkyl halides is 3. The molecule has 1 saturated heterocycles. The molecule has 1 aliphatic rings. The smallest absolute Gasteiger partial charge is 0.384 e. The second-order valence-corrected chi connectivity index (χ2v) is 3.30. The van der Waals surface area contributed by atoms with E-state index < -0.39 is 12.3 Å². The molecular formula is C8H14F3NO2. The van der Waals surface area contributed by atoms with E-state index in [0.717, 1.165) is 0 Å². The van der Waals surface area contributed by atoms with Crippen molar-refractivity contribution in [2.75, 3.05) is 32.8 Å². The molecule has 1 aliphatic heterocycles. The average molecular weight is 213 g/mol. The van der Waals surface area contributed by atoms with Gasteiger partial charge in [-0.15, -0.1) is 0 Å². The molecule has 0 radical (unpaired) electrons. The molecule has 0 bridgehead atoms. The van der Waals surface area contributed by atoms with E-state index in [9.17, 15) is 13.2 Å². The lowest BCUT2D eigenvalue weighted by Crippen LogP contribution is -2.40. The molecule has 6 heteroatoms. The highest BCUT2D eigenvalue weighted by Gasteiger charge is 2.37. The molecular weight excluding hydrogens is 199 g/mol. The van der Waals surface area contributed by atoms with Crippen molar-refractivity contribution in [2.24, 2.45) is 0 Å². The predicted molar refractivity (Wildman–Crippen MR) is 43.9 cm³/mol. The van der Waals surface area contributed by atoms with Crippen LogP contribution in [0.3, 0.4) is 0 Å². The van der Waals surface area contributed by atoms with E-state index in [1.807, 2.05) is 4.90 Å². The SMILES string of the molecule is O[C@H](CCN1CCOCC1)C(F)(F)F. The number of hydrogen-bond donors (Lipinski definition) is 1. The largest absolute Gasteiger partial charge is 0.414 e. The summed E-state index contributed by atoms with van der Waals surface area (Å²) < 4.78 is 40.8. The summed E-state index contributed by atoms with van der Waals surface area (Å²) in [5, 5.41) is 8.73. The van der Waals surface area contributed by atoms with Gasteiger partial charge < -0.3 is 9.84 Å². The first kappa shape index (κ1) is 11.7. The molecule has 1 rings (SSSR count). The number of ether oxygens (including phenoxy) is 1. The molecule has 0 aliphatic carbocycles. The Morgan fingerprint density at radius 3 is 2.36 bits per heavy atom. The van der Waals surface area contributed by atoms with Gasteiger partial charge in [0.1, 0.15) is 0 Å². The van der Waals surface area contributed by atoms with Gasteiger partial charge in [0.2, 0.25) is 0 Å². The quantitative estimate of drug-likeness (QED) is 0.746. The van der Waals surface area contributed by atoms with Gasteiger partial charge in [-0.05, 0) is 6.42 Å². The summed E-state index contributed by atoms with van der Waals surface area (Å²) in [6.07, 6.45) is -6.96. The van der Waals surface area contributed by atoms with Crippen LogP contribution in [0.25, 0.3) is 0 Å². The number of halogens is 3. The van der Waals surface area contributed by atoms with Gasteiger partial charge in [-0.25, -0.2) is 0 Å². The van der Waals surface area contributed by atoms with Crippen LogP contribution < -0.4 is 0 Å². The fraction of sp³-hybridized carbons (Fsp3) is 1.00. The normalized spacial score (nSPS) is 22.3. The lowest BCUT2D eigenvalue weighted by molar-refractivity contribution is -0.206. The molecule has 0 aromatic heterocycles. The summed E-state index contributed by atoms with van der Waals surface area (Å²) in [5.74, 6) is 0. The monoisotopic (exact) mass is 213 g/mol. The standard InChI is InChI=1S/C8H14F3NO2/c9-8(10,11)7(13)1-2-12-3-5-14-6-4-12/h7,13H,1-6H2/t7-/m1/s1. The molecule has 1 fully saturated rings. The first-order chi connectivity index (χ1) is 6.50. The number of hydrogen-bond acceptors (Lipinski definition) is 3. The molecule has 0 amide bonds. The minimum absolute atomic E-state index is 0.260. The molecule has 0 spiro atoms. The topological polar surface area (TPSA) is 32.7 Å². The number of aliphatic hydroxyl groups is 1. The van der Waals surface area contributed by atoms with E-state index in [2.05, 4.69) is 0 Å². The Bertz CT molecular complexity index is 168. The van der Waals surface area contributed by atoms with Gasteiger partial charge in [0.05, 0.1) is 13.2 Å². The third-order valence-corrected chi connectivity index (χ3v) is 2.20. The highest BCUT2D eigenvalue weighted by molar-refractivity contribution is 4.69. The molecule has 14 heavy (non-hydrogen) atoms. The van der Waals surface area contributed by atoms with Crippen LogP contribution in [0.1, 0.15) is 6.42 Å². The maximum absolute atomic E-state index is 11.9. The molecule has 1 heterocycles. The van der Waals surface area contributed by atoms with Crippen LogP contribution in [0, 0.1) is 0 Å². The van der Waals surface area contributed by atoms with E-state index >= 15 is 0 Å². The second-order valence-electron chi connectivity index (χ2n) is 3.30. The molecule has 0 unspecified atom stereocenters. The van der Waals surface area contributed by atoms with Crippen molar-refractivity contribution >= 4 is 0 Å². The zero-order valence-corrected chi connectivity index (χ0v) is 7.76. The van der Waals surface area contributed by atoms with E-state index in [0.29, 0.717) is 26.3 Å². The third-order valence-electron chi connectivity index (χ3n) is 2.20. The van der Waals surface area contributed by atoms with Crippen molar-refractivity contribution in [1.82, 2.24) is 4.90 Å². The van der Waals surface area contributed by atoms with Crippen molar-refractivity contribution < 1.29 is 23.0 Å². The van der Waals surface area contributed by atoms with Crippen LogP contribution in [-0.2, 0) is 4.74 Å². The first-order valence-corrected chi connectivity index (χ1v) is 4.55. The van der Waals surface area contributed by atoms with Gasteiger partial charge in [0.25, 0.3) is 0 Å². The maximum atomic E-state index is 11.9. The highest BCUT2D eigenvalue weighted by Crippen LogP contribution is 2.22. The summed E-state index contributed by atoms with van der Waals surface area (Å²) in [6.45, 7) is 2.67. The fourth-order valence-electron chi connectivity index (χ4n) is 1.29. The molecule has 0 aromatic carbocycles. The van der Waals surface area contributed by atoms with Crippen LogP contribution in [0.5, 0.6) is 0 Å². The first-order valence-electron chi connectivity index (χ1n) is 4.55. The van der Waals surface area contributed by atoms with Crippen LogP contribution >= 0.6 is 0 Å². The molecule has 84 valence electrons. The Hall–Kier alpha value is -0.330. The van der Waals surface area contributed by atoms with E-state index in [1.54, 1.807) is 0 Å². The Balaban J connectivity index is 2.19. The molecule has 1 N–H and O–H groups in total. The zero-order chi connectivity index (χ0) is 10.6. The third kappa shape index (κ3) is 3.81. The van der Waals surface area contributed by atoms with E-state index in [-0.39, 0.29) is 13.0 Å². The van der Waals surface area contributed by atoms with Gasteiger partial charge in [-0.3, -0.25) is 4.90 Å². The number of nitrogens with zero attached hydrogens (tertiary/aromatic N) is 1. The summed E-state index contributed by atoms with van der Waals surface area (Å²) in [5.41, 5.74) is 0. The maximum Gasteiger partial charge on any atom is 0.414 e. The van der Waals surface area contributed by atoms with Crippen LogP contribution in [0.15, 0.2) is 0 Å². The molecule has 0 aromatic rings. The van der Waals surface area contributed by atoms with Crippen molar-refractivity contribution in [3.8, 4) is 0 Å². The van der Waals surface area contributed by atoms with Gasteiger partial charge >= 0.3 is 6.18 Å². The van der Waals surface area contributed by atoms with Gasteiger partial charge in [-0.1, -0.05) is 0 Å². The van der Waals surface area contributed by atoms with E-state index in [1.165, 1.54) is 0 Å². The lowest BCUT2D eigenvalue weighted by atomic mass is 10.2.